The van der Waals surface area contributed by atoms with E-state index >= 15 is 0 Å². The van der Waals surface area contributed by atoms with Crippen LogP contribution in [0.5, 0.6) is 0 Å². The second-order valence-electron chi connectivity index (χ2n) is 6.65. The summed E-state index contributed by atoms with van der Waals surface area (Å²) in [6.45, 7) is 1.99. The van der Waals surface area contributed by atoms with Crippen molar-refractivity contribution in [2.45, 2.75) is 12.8 Å². The first kappa shape index (κ1) is 18.0. The van der Waals surface area contributed by atoms with Gasteiger partial charge < -0.3 is 10.2 Å². The highest BCUT2D eigenvalue weighted by atomic mass is 19.1. The number of nitrogens with one attached hydrogen (secondary N) is 1. The Kier molecular flexibility index (Phi) is 4.97. The first-order valence-corrected chi connectivity index (χ1v) is 9.03. The Morgan fingerprint density at radius 3 is 2.29 bits per heavy atom. The first-order valence-electron chi connectivity index (χ1n) is 9.03. The molecule has 1 N–H and O–H groups in total. The molecule has 1 aliphatic rings. The zero-order valence-corrected chi connectivity index (χ0v) is 15.0. The van der Waals surface area contributed by atoms with Crippen LogP contribution in [0.3, 0.4) is 0 Å². The maximum absolute atomic E-state index is 13.3. The zero-order valence-electron chi connectivity index (χ0n) is 15.0. The third-order valence-electron chi connectivity index (χ3n) is 4.65. The highest BCUT2D eigenvalue weighted by molar-refractivity contribution is 6.04. The zero-order chi connectivity index (χ0) is 19.5. The van der Waals surface area contributed by atoms with Crippen LogP contribution in [-0.4, -0.2) is 29.0 Å². The van der Waals surface area contributed by atoms with E-state index in [1.165, 1.54) is 12.8 Å². The van der Waals surface area contributed by atoms with Gasteiger partial charge in [0, 0.05) is 42.0 Å². The fourth-order valence-electron chi connectivity index (χ4n) is 3.25. The highest BCUT2D eigenvalue weighted by Crippen LogP contribution is 2.24. The van der Waals surface area contributed by atoms with E-state index in [-0.39, 0.29) is 5.69 Å². The molecule has 7 heteroatoms. The van der Waals surface area contributed by atoms with Crippen LogP contribution in [0.1, 0.15) is 23.2 Å². The third-order valence-corrected chi connectivity index (χ3v) is 4.65. The van der Waals surface area contributed by atoms with E-state index in [0.717, 1.165) is 48.4 Å². The largest absolute Gasteiger partial charge is 0.357 e. The van der Waals surface area contributed by atoms with Crippen molar-refractivity contribution < 1.29 is 13.6 Å². The molecule has 0 bridgehead atoms. The summed E-state index contributed by atoms with van der Waals surface area (Å²) in [6.07, 6.45) is 3.87. The predicted octanol–water partition coefficient (Wildman–Crippen LogP) is 4.27. The Hall–Kier alpha value is -3.35. The smallest absolute Gasteiger partial charge is 0.255 e. The number of amides is 1. The summed E-state index contributed by atoms with van der Waals surface area (Å²) in [4.78, 5) is 23.2. The van der Waals surface area contributed by atoms with Gasteiger partial charge in [-0.1, -0.05) is 12.1 Å². The minimum absolute atomic E-state index is 0.0673. The molecule has 1 amide bonds. The quantitative estimate of drug-likeness (QED) is 0.734. The molecule has 2 aromatic carbocycles. The van der Waals surface area contributed by atoms with E-state index in [9.17, 15) is 13.6 Å². The van der Waals surface area contributed by atoms with Gasteiger partial charge in [-0.25, -0.2) is 18.7 Å². The number of carbonyl (C=O) groups is 1. The molecule has 3 aromatic rings. The van der Waals surface area contributed by atoms with Crippen molar-refractivity contribution in [3.63, 3.8) is 0 Å². The summed E-state index contributed by atoms with van der Waals surface area (Å²) in [7, 11) is 0. The van der Waals surface area contributed by atoms with Crippen LogP contribution in [0.15, 0.2) is 54.9 Å². The van der Waals surface area contributed by atoms with Crippen LogP contribution in [0.4, 0.5) is 20.3 Å². The van der Waals surface area contributed by atoms with Crippen molar-refractivity contribution in [3.8, 4) is 11.3 Å². The van der Waals surface area contributed by atoms with Gasteiger partial charge in [0.25, 0.3) is 5.91 Å². The fourth-order valence-corrected chi connectivity index (χ4v) is 3.25. The number of anilines is 2. The number of carbonyl (C=O) groups excluding carboxylic acids is 1. The van der Waals surface area contributed by atoms with E-state index in [4.69, 9.17) is 0 Å². The summed E-state index contributed by atoms with van der Waals surface area (Å²) in [5.74, 6) is -1.04. The minimum atomic E-state index is -0.747. The van der Waals surface area contributed by atoms with Gasteiger partial charge in [0.2, 0.25) is 0 Å². The standard InChI is InChI=1S/C21H18F2N4O/c22-16-9-17(23)11-18(10-16)26-21(28)15-5-3-14(4-6-15)19-12-20(25-13-24-19)27-7-1-2-8-27/h3-6,9-13H,1-2,7-8H2,(H,26,28). The van der Waals surface area contributed by atoms with E-state index < -0.39 is 17.5 Å². The highest BCUT2D eigenvalue weighted by Gasteiger charge is 2.15. The van der Waals surface area contributed by atoms with Gasteiger partial charge in [-0.15, -0.1) is 0 Å². The number of benzene rings is 2. The van der Waals surface area contributed by atoms with Crippen molar-refractivity contribution in [3.05, 3.63) is 72.1 Å². The van der Waals surface area contributed by atoms with E-state index in [1.54, 1.807) is 30.6 Å². The maximum atomic E-state index is 13.3. The lowest BCUT2D eigenvalue weighted by molar-refractivity contribution is 0.102. The molecule has 28 heavy (non-hydrogen) atoms. The Bertz CT molecular complexity index is 981. The van der Waals surface area contributed by atoms with Crippen LogP contribution in [0.25, 0.3) is 11.3 Å². The molecule has 0 unspecified atom stereocenters. The predicted molar refractivity (Wildman–Crippen MR) is 103 cm³/mol. The molecule has 2 heterocycles. The van der Waals surface area contributed by atoms with E-state index in [1.807, 2.05) is 6.07 Å². The molecule has 1 fully saturated rings. The second kappa shape index (κ2) is 7.72. The van der Waals surface area contributed by atoms with Crippen molar-refractivity contribution in [2.24, 2.45) is 0 Å². The van der Waals surface area contributed by atoms with Crippen LogP contribution < -0.4 is 10.2 Å². The van der Waals surface area contributed by atoms with Crippen molar-refractivity contribution >= 4 is 17.4 Å². The molecule has 1 aromatic heterocycles. The molecule has 0 spiro atoms. The summed E-state index contributed by atoms with van der Waals surface area (Å²) in [5.41, 5.74) is 2.08. The number of aromatic nitrogens is 2. The van der Waals surface area contributed by atoms with Gasteiger partial charge in [-0.3, -0.25) is 4.79 Å². The molecule has 1 aliphatic heterocycles. The van der Waals surface area contributed by atoms with Crippen LogP contribution in [0.2, 0.25) is 0 Å². The minimum Gasteiger partial charge on any atom is -0.357 e. The third kappa shape index (κ3) is 3.98. The number of rotatable bonds is 4. The fraction of sp³-hybridized carbons (Fsp3) is 0.190. The number of halogens is 2. The lowest BCUT2D eigenvalue weighted by Gasteiger charge is -2.16. The molecule has 1 saturated heterocycles. The van der Waals surface area contributed by atoms with Crippen LogP contribution >= 0.6 is 0 Å². The SMILES string of the molecule is O=C(Nc1cc(F)cc(F)c1)c1ccc(-c2cc(N3CCCC3)ncn2)cc1. The van der Waals surface area contributed by atoms with Gasteiger partial charge in [0.15, 0.2) is 0 Å². The van der Waals surface area contributed by atoms with Gasteiger partial charge in [-0.2, -0.15) is 0 Å². The molecular formula is C21H18F2N4O. The summed E-state index contributed by atoms with van der Waals surface area (Å²) in [6, 6.07) is 11.7. The monoisotopic (exact) mass is 380 g/mol. The van der Waals surface area contributed by atoms with Crippen molar-refractivity contribution in [2.75, 3.05) is 23.3 Å². The second-order valence-corrected chi connectivity index (χ2v) is 6.65. The number of nitrogens with zero attached hydrogens (tertiary/aromatic N) is 3. The normalized spacial score (nSPS) is 13.6. The topological polar surface area (TPSA) is 58.1 Å². The van der Waals surface area contributed by atoms with Crippen molar-refractivity contribution in [1.29, 1.82) is 0 Å². The lowest BCUT2D eigenvalue weighted by Crippen LogP contribution is -2.19. The van der Waals surface area contributed by atoms with E-state index in [0.29, 0.717) is 5.56 Å². The van der Waals surface area contributed by atoms with E-state index in [2.05, 4.69) is 20.2 Å². The molecule has 0 saturated carbocycles. The van der Waals surface area contributed by atoms with Crippen LogP contribution in [-0.2, 0) is 0 Å². The Labute approximate surface area is 161 Å². The molecule has 0 aliphatic carbocycles. The van der Waals surface area contributed by atoms with Crippen molar-refractivity contribution in [1.82, 2.24) is 9.97 Å². The Morgan fingerprint density at radius 1 is 0.929 bits per heavy atom. The molecular weight excluding hydrogens is 362 g/mol. The summed E-state index contributed by atoms with van der Waals surface area (Å²) < 4.78 is 26.5. The number of hydrogen-bond donors (Lipinski definition) is 1. The number of hydrogen-bond acceptors (Lipinski definition) is 4. The van der Waals surface area contributed by atoms with Gasteiger partial charge in [-0.05, 0) is 37.1 Å². The molecule has 4 rings (SSSR count). The van der Waals surface area contributed by atoms with Gasteiger partial charge in [0.1, 0.15) is 23.8 Å². The molecule has 142 valence electrons. The first-order chi connectivity index (χ1) is 13.6. The average Bonchev–Trinajstić information content (AvgIpc) is 3.22. The lowest BCUT2D eigenvalue weighted by atomic mass is 10.1. The van der Waals surface area contributed by atoms with Crippen LogP contribution in [0, 0.1) is 11.6 Å². The Balaban J connectivity index is 1.50. The molecule has 5 nitrogen and oxygen atoms in total. The summed E-state index contributed by atoms with van der Waals surface area (Å²) >= 11 is 0. The van der Waals surface area contributed by atoms with Gasteiger partial charge >= 0.3 is 0 Å². The molecule has 0 atom stereocenters. The molecule has 0 radical (unpaired) electrons. The maximum Gasteiger partial charge on any atom is 0.255 e. The van der Waals surface area contributed by atoms with Gasteiger partial charge in [0.05, 0.1) is 5.69 Å². The Morgan fingerprint density at radius 2 is 1.61 bits per heavy atom. The summed E-state index contributed by atoms with van der Waals surface area (Å²) in [5, 5.41) is 2.49. The average molecular weight is 380 g/mol.